The monoisotopic (exact) mass is 238 g/mol. The molecule has 0 aliphatic heterocycles. The zero-order valence-electron chi connectivity index (χ0n) is 8.94. The summed E-state index contributed by atoms with van der Waals surface area (Å²) in [6.07, 6.45) is 1.48. The van der Waals surface area contributed by atoms with Crippen molar-refractivity contribution >= 4 is 18.4 Å². The molecule has 1 aromatic heterocycles. The molecule has 0 saturated heterocycles. The maximum Gasteiger partial charge on any atom is 0.154 e. The zero-order chi connectivity index (χ0) is 12.2. The van der Waals surface area contributed by atoms with Crippen molar-refractivity contribution in [3.63, 3.8) is 0 Å². The third-order valence-electron chi connectivity index (χ3n) is 2.10. The number of pyridine rings is 1. The Morgan fingerprint density at radius 3 is 2.75 bits per heavy atom. The fourth-order valence-electron chi connectivity index (χ4n) is 1.32. The Balaban J connectivity index is 3.23. The Labute approximate surface area is 92.7 Å². The number of hydrogen-bond donors (Lipinski definition) is 0. The van der Waals surface area contributed by atoms with Gasteiger partial charge in [-0.3, -0.25) is 9.78 Å². The summed E-state index contributed by atoms with van der Waals surface area (Å²) < 4.78 is 12.4. The molecule has 2 unspecified atom stereocenters. The first-order valence-corrected chi connectivity index (χ1v) is 6.76. The van der Waals surface area contributed by atoms with Crippen molar-refractivity contribution < 1.29 is 9.36 Å². The SMILES string of the molecule is CC(=O)C(N=[N+]=[N-])P(C)(=O)c1ccccn1. The van der Waals surface area contributed by atoms with Gasteiger partial charge in [-0.2, -0.15) is 0 Å². The summed E-state index contributed by atoms with van der Waals surface area (Å²) in [6.45, 7) is 2.65. The Bertz CT molecular complexity index is 480. The third kappa shape index (κ3) is 2.48. The van der Waals surface area contributed by atoms with Crippen molar-refractivity contribution in [1.82, 2.24) is 4.98 Å². The van der Waals surface area contributed by atoms with Crippen molar-refractivity contribution in [1.29, 1.82) is 0 Å². The molecule has 1 heterocycles. The lowest BCUT2D eigenvalue weighted by molar-refractivity contribution is -0.116. The molecule has 1 rings (SSSR count). The lowest BCUT2D eigenvalue weighted by Crippen LogP contribution is -2.23. The second-order valence-electron chi connectivity index (χ2n) is 3.37. The molecule has 1 aromatic rings. The summed E-state index contributed by atoms with van der Waals surface area (Å²) in [4.78, 5) is 17.8. The van der Waals surface area contributed by atoms with Crippen LogP contribution < -0.4 is 5.44 Å². The van der Waals surface area contributed by atoms with Crippen LogP contribution in [-0.4, -0.2) is 23.2 Å². The van der Waals surface area contributed by atoms with Crippen LogP contribution in [-0.2, 0) is 9.36 Å². The molecule has 0 N–H and O–H groups in total. The summed E-state index contributed by atoms with van der Waals surface area (Å²) in [6, 6.07) is 4.91. The predicted molar refractivity (Wildman–Crippen MR) is 61.0 cm³/mol. The van der Waals surface area contributed by atoms with Crippen LogP contribution in [0.2, 0.25) is 0 Å². The Kier molecular flexibility index (Phi) is 3.82. The van der Waals surface area contributed by atoms with Crippen molar-refractivity contribution in [2.75, 3.05) is 6.66 Å². The minimum absolute atomic E-state index is 0.294. The summed E-state index contributed by atoms with van der Waals surface area (Å²) in [5.74, 6) is -1.60. The van der Waals surface area contributed by atoms with Gasteiger partial charge in [-0.05, 0) is 31.3 Å². The second kappa shape index (κ2) is 4.92. The van der Waals surface area contributed by atoms with Gasteiger partial charge >= 0.3 is 0 Å². The number of Topliss-reactive ketones (excluding diaryl/α,β-unsaturated/α-hetero) is 1. The molecule has 0 radical (unpaired) electrons. The summed E-state index contributed by atoms with van der Waals surface area (Å²) in [5, 5.41) is 3.30. The highest BCUT2D eigenvalue weighted by Gasteiger charge is 2.33. The quantitative estimate of drug-likeness (QED) is 0.347. The van der Waals surface area contributed by atoms with Gasteiger partial charge in [-0.15, -0.1) is 0 Å². The van der Waals surface area contributed by atoms with Gasteiger partial charge in [0, 0.05) is 11.1 Å². The van der Waals surface area contributed by atoms with Crippen molar-refractivity contribution in [3.8, 4) is 0 Å². The molecule has 6 nitrogen and oxygen atoms in total. The first-order chi connectivity index (χ1) is 7.50. The average molecular weight is 238 g/mol. The first kappa shape index (κ1) is 12.4. The molecule has 0 bridgehead atoms. The lowest BCUT2D eigenvalue weighted by atomic mass is 10.5. The fourth-order valence-corrected chi connectivity index (χ4v) is 3.18. The predicted octanol–water partition coefficient (Wildman–Crippen LogP) is 1.93. The summed E-state index contributed by atoms with van der Waals surface area (Å²) >= 11 is 0. The normalized spacial score (nSPS) is 15.6. The highest BCUT2D eigenvalue weighted by Crippen LogP contribution is 2.46. The molecular formula is C9H11N4O2P. The maximum atomic E-state index is 12.4. The zero-order valence-corrected chi connectivity index (χ0v) is 9.83. The number of carbonyl (C=O) groups excluding carboxylic acids is 1. The summed E-state index contributed by atoms with van der Waals surface area (Å²) in [7, 11) is -3.11. The van der Waals surface area contributed by atoms with Crippen LogP contribution in [0.25, 0.3) is 10.4 Å². The largest absolute Gasteiger partial charge is 0.316 e. The van der Waals surface area contributed by atoms with Crippen molar-refractivity contribution in [2.45, 2.75) is 12.7 Å². The lowest BCUT2D eigenvalue weighted by Gasteiger charge is -2.16. The van der Waals surface area contributed by atoms with Crippen LogP contribution in [0.4, 0.5) is 0 Å². The number of hydrogen-bond acceptors (Lipinski definition) is 4. The van der Waals surface area contributed by atoms with E-state index in [9.17, 15) is 9.36 Å². The van der Waals surface area contributed by atoms with Crippen molar-refractivity contribution in [2.24, 2.45) is 5.11 Å². The van der Waals surface area contributed by atoms with Gasteiger partial charge in [0.05, 0.1) is 0 Å². The van der Waals surface area contributed by atoms with E-state index in [-0.39, 0.29) is 0 Å². The molecule has 0 fully saturated rings. The van der Waals surface area contributed by atoms with E-state index in [0.717, 1.165) is 0 Å². The Morgan fingerprint density at radius 2 is 2.31 bits per heavy atom. The maximum absolute atomic E-state index is 12.4. The van der Waals surface area contributed by atoms with Gasteiger partial charge in [0.2, 0.25) is 0 Å². The molecular weight excluding hydrogens is 227 g/mol. The van der Waals surface area contributed by atoms with E-state index >= 15 is 0 Å². The number of aromatic nitrogens is 1. The summed E-state index contributed by atoms with van der Waals surface area (Å²) in [5.41, 5.74) is 8.65. The number of nitrogens with zero attached hydrogens (tertiary/aromatic N) is 4. The number of ketones is 1. The van der Waals surface area contributed by atoms with Crippen LogP contribution in [0.15, 0.2) is 29.5 Å². The van der Waals surface area contributed by atoms with Crippen molar-refractivity contribution in [3.05, 3.63) is 34.8 Å². The van der Waals surface area contributed by atoms with Gasteiger partial charge in [0.1, 0.15) is 18.4 Å². The van der Waals surface area contributed by atoms with E-state index in [2.05, 4.69) is 15.0 Å². The number of carbonyl (C=O) groups is 1. The topological polar surface area (TPSA) is 95.8 Å². The van der Waals surface area contributed by atoms with Crippen LogP contribution in [0.5, 0.6) is 0 Å². The van der Waals surface area contributed by atoms with Gasteiger partial charge in [-0.25, -0.2) is 0 Å². The smallest absolute Gasteiger partial charge is 0.154 e. The molecule has 0 saturated carbocycles. The molecule has 0 aliphatic carbocycles. The third-order valence-corrected chi connectivity index (χ3v) is 4.67. The first-order valence-electron chi connectivity index (χ1n) is 4.53. The van der Waals surface area contributed by atoms with E-state index in [1.807, 2.05) is 0 Å². The molecule has 0 spiro atoms. The van der Waals surface area contributed by atoms with Crippen LogP contribution in [0.3, 0.4) is 0 Å². The average Bonchev–Trinajstić information content (AvgIpc) is 2.26. The molecule has 0 amide bonds. The van der Waals surface area contributed by atoms with Gasteiger partial charge in [-0.1, -0.05) is 11.2 Å². The molecule has 0 aromatic carbocycles. The van der Waals surface area contributed by atoms with E-state index in [1.54, 1.807) is 18.2 Å². The van der Waals surface area contributed by atoms with E-state index in [4.69, 9.17) is 5.53 Å². The highest BCUT2D eigenvalue weighted by molar-refractivity contribution is 7.72. The number of azide groups is 1. The number of rotatable bonds is 4. The molecule has 16 heavy (non-hydrogen) atoms. The van der Waals surface area contributed by atoms with Gasteiger partial charge in [0.25, 0.3) is 0 Å². The highest BCUT2D eigenvalue weighted by atomic mass is 31.2. The fraction of sp³-hybridized carbons (Fsp3) is 0.333. The van der Waals surface area contributed by atoms with E-state index < -0.39 is 18.7 Å². The minimum atomic E-state index is -3.11. The minimum Gasteiger partial charge on any atom is -0.316 e. The molecule has 0 aliphatic rings. The molecule has 84 valence electrons. The van der Waals surface area contributed by atoms with Crippen LogP contribution in [0.1, 0.15) is 6.92 Å². The van der Waals surface area contributed by atoms with Crippen LogP contribution in [0, 0.1) is 0 Å². The van der Waals surface area contributed by atoms with Crippen LogP contribution >= 0.6 is 7.14 Å². The molecule has 7 heteroatoms. The van der Waals surface area contributed by atoms with E-state index in [1.165, 1.54) is 19.8 Å². The van der Waals surface area contributed by atoms with Gasteiger partial charge < -0.3 is 4.57 Å². The Morgan fingerprint density at radius 1 is 1.62 bits per heavy atom. The standard InChI is InChI=1S/C9H11N4O2P/c1-7(14)9(12-13-10)16(2,15)8-5-3-4-6-11-8/h3-6,9H,1-2H3. The van der Waals surface area contributed by atoms with E-state index in [0.29, 0.717) is 5.44 Å². The van der Waals surface area contributed by atoms with Gasteiger partial charge in [0.15, 0.2) is 5.78 Å². The molecule has 2 atom stereocenters. The second-order valence-corrected chi connectivity index (χ2v) is 6.30. The Hall–Kier alpha value is -1.64.